The zero-order chi connectivity index (χ0) is 28.5. The van der Waals surface area contributed by atoms with Gasteiger partial charge in [-0.2, -0.15) is 0 Å². The number of hydrogen-bond donors (Lipinski definition) is 1. The van der Waals surface area contributed by atoms with E-state index in [2.05, 4.69) is 12.2 Å². The van der Waals surface area contributed by atoms with Gasteiger partial charge in [-0.3, -0.25) is 14.4 Å². The molecule has 3 aliphatic rings. The Morgan fingerprint density at radius 1 is 1.12 bits per heavy atom. The van der Waals surface area contributed by atoms with Gasteiger partial charge in [0.25, 0.3) is 0 Å². The number of esters is 1. The van der Waals surface area contributed by atoms with Crippen molar-refractivity contribution in [2.75, 3.05) is 26.9 Å². The van der Waals surface area contributed by atoms with E-state index in [1.165, 1.54) is 20.0 Å². The number of carbonyl (C=O) groups excluding carboxylic acids is 3. The Balaban J connectivity index is 1.58. The average molecular weight is 555 g/mol. The maximum Gasteiger partial charge on any atom is 0.320 e. The van der Waals surface area contributed by atoms with Crippen LogP contribution in [0.15, 0.2) is 42.1 Å². The number of benzene rings is 1. The molecule has 220 valence electrons. The van der Waals surface area contributed by atoms with E-state index in [4.69, 9.17) is 14.2 Å². The minimum atomic E-state index is -1.16. The Labute approximate surface area is 238 Å². The number of nitrogens with zero attached hydrogens (tertiary/aromatic N) is 1. The molecular formula is C32H46N2O6. The lowest BCUT2D eigenvalue weighted by molar-refractivity contribution is -0.178. The zero-order valence-electron chi connectivity index (χ0n) is 24.4. The first kappa shape index (κ1) is 30.3. The minimum Gasteiger partial charge on any atom is -0.468 e. The van der Waals surface area contributed by atoms with Crippen LogP contribution in [-0.2, 0) is 35.1 Å². The van der Waals surface area contributed by atoms with Crippen molar-refractivity contribution in [3.63, 3.8) is 0 Å². The molecule has 4 atom stereocenters. The molecule has 0 aromatic heterocycles. The van der Waals surface area contributed by atoms with Crippen molar-refractivity contribution in [2.45, 2.75) is 90.4 Å². The number of methoxy groups -OCH3 is 1. The Hall–Kier alpha value is -2.71. The van der Waals surface area contributed by atoms with Crippen LogP contribution in [0, 0.1) is 17.3 Å². The second kappa shape index (κ2) is 14.3. The second-order valence-corrected chi connectivity index (χ2v) is 11.5. The van der Waals surface area contributed by atoms with Crippen LogP contribution in [0.25, 0.3) is 0 Å². The molecule has 0 radical (unpaired) electrons. The molecule has 2 fully saturated rings. The fourth-order valence-corrected chi connectivity index (χ4v) is 6.52. The van der Waals surface area contributed by atoms with Crippen LogP contribution in [0.4, 0.5) is 0 Å². The number of amides is 2. The van der Waals surface area contributed by atoms with Gasteiger partial charge in [0, 0.05) is 37.8 Å². The van der Waals surface area contributed by atoms with E-state index in [0.717, 1.165) is 37.9 Å². The Morgan fingerprint density at radius 2 is 1.85 bits per heavy atom. The van der Waals surface area contributed by atoms with Gasteiger partial charge in [0.05, 0.1) is 25.9 Å². The number of likely N-dealkylation sites (tertiary alicyclic amines) is 1. The summed E-state index contributed by atoms with van der Waals surface area (Å²) in [6, 6.07) is 9.77. The van der Waals surface area contributed by atoms with Crippen LogP contribution >= 0.6 is 0 Å². The molecule has 1 saturated heterocycles. The van der Waals surface area contributed by atoms with Crippen LogP contribution in [0.3, 0.4) is 0 Å². The van der Waals surface area contributed by atoms with Gasteiger partial charge in [-0.05, 0) is 56.6 Å². The highest BCUT2D eigenvalue weighted by molar-refractivity contribution is 5.92. The molecular weight excluding hydrogens is 508 g/mol. The van der Waals surface area contributed by atoms with Crippen molar-refractivity contribution in [1.29, 1.82) is 0 Å². The predicted octanol–water partition coefficient (Wildman–Crippen LogP) is 4.77. The molecule has 2 amide bonds. The van der Waals surface area contributed by atoms with Crippen molar-refractivity contribution in [3.05, 3.63) is 47.7 Å². The molecule has 8 heteroatoms. The van der Waals surface area contributed by atoms with Gasteiger partial charge in [0.2, 0.25) is 11.8 Å². The van der Waals surface area contributed by atoms with Crippen molar-refractivity contribution in [2.24, 2.45) is 17.3 Å². The minimum absolute atomic E-state index is 0.00557. The van der Waals surface area contributed by atoms with Crippen LogP contribution in [0.1, 0.15) is 77.2 Å². The topological polar surface area (TPSA) is 94.2 Å². The van der Waals surface area contributed by atoms with Crippen molar-refractivity contribution >= 4 is 17.8 Å². The van der Waals surface area contributed by atoms with Gasteiger partial charge >= 0.3 is 5.97 Å². The smallest absolute Gasteiger partial charge is 0.320 e. The van der Waals surface area contributed by atoms with E-state index in [1.807, 2.05) is 43.3 Å². The Kier molecular flexibility index (Phi) is 10.8. The number of rotatable bonds is 13. The van der Waals surface area contributed by atoms with Crippen molar-refractivity contribution < 1.29 is 28.6 Å². The summed E-state index contributed by atoms with van der Waals surface area (Å²) in [4.78, 5) is 42.4. The molecule has 40 heavy (non-hydrogen) atoms. The molecule has 2 heterocycles. The largest absolute Gasteiger partial charge is 0.468 e. The van der Waals surface area contributed by atoms with Crippen LogP contribution in [0.2, 0.25) is 0 Å². The monoisotopic (exact) mass is 554 g/mol. The second-order valence-electron chi connectivity index (χ2n) is 11.5. The average Bonchev–Trinajstić information content (AvgIpc) is 3.50. The molecule has 1 aromatic rings. The molecule has 0 bridgehead atoms. The number of nitrogens with one attached hydrogen (secondary N) is 1. The fraction of sp³-hybridized carbons (Fsp3) is 0.656. The molecule has 1 aliphatic carbocycles. The Morgan fingerprint density at radius 3 is 2.55 bits per heavy atom. The summed E-state index contributed by atoms with van der Waals surface area (Å²) < 4.78 is 17.5. The molecule has 2 aliphatic heterocycles. The van der Waals surface area contributed by atoms with E-state index in [0.29, 0.717) is 37.7 Å². The number of carbonyl (C=O) groups is 3. The summed E-state index contributed by atoms with van der Waals surface area (Å²) in [5.41, 5.74) is 0.468. The van der Waals surface area contributed by atoms with E-state index in [9.17, 15) is 14.4 Å². The lowest BCUT2D eigenvalue weighted by Crippen LogP contribution is -2.60. The molecule has 0 unspecified atom stereocenters. The van der Waals surface area contributed by atoms with E-state index >= 15 is 0 Å². The van der Waals surface area contributed by atoms with E-state index < -0.39 is 23.4 Å². The number of ether oxygens (including phenoxy) is 3. The summed E-state index contributed by atoms with van der Waals surface area (Å²) in [5, 5.41) is 2.94. The SMILES string of the molecule is CCCCOCCCNC(=O)C[C@H]1C[C@@]2(C(=O)OC)C(=C[C@H](C3CCCC3)O[C@@H]2C)N(Cc2ccccc2)C1=O. The first-order valence-corrected chi connectivity index (χ1v) is 15.1. The summed E-state index contributed by atoms with van der Waals surface area (Å²) in [7, 11) is 1.38. The van der Waals surface area contributed by atoms with Gasteiger partial charge in [-0.1, -0.05) is 56.5 Å². The summed E-state index contributed by atoms with van der Waals surface area (Å²) in [6.45, 7) is 6.15. The molecule has 4 rings (SSSR count). The first-order chi connectivity index (χ1) is 19.4. The van der Waals surface area contributed by atoms with Gasteiger partial charge in [0.1, 0.15) is 5.41 Å². The molecule has 1 saturated carbocycles. The highest BCUT2D eigenvalue weighted by Gasteiger charge is 2.60. The number of hydrogen-bond acceptors (Lipinski definition) is 6. The third-order valence-electron chi connectivity index (χ3n) is 8.77. The summed E-state index contributed by atoms with van der Waals surface area (Å²) >= 11 is 0. The quantitative estimate of drug-likeness (QED) is 0.279. The predicted molar refractivity (Wildman–Crippen MR) is 152 cm³/mol. The molecule has 0 spiro atoms. The van der Waals surface area contributed by atoms with Crippen molar-refractivity contribution in [3.8, 4) is 0 Å². The van der Waals surface area contributed by atoms with Crippen LogP contribution in [0.5, 0.6) is 0 Å². The van der Waals surface area contributed by atoms with Crippen LogP contribution in [-0.4, -0.2) is 61.8 Å². The standard InChI is InChI=1S/C32H46N2O6/c1-4-5-17-39-18-11-16-33-29(35)19-26-21-32(31(37)38-3)23(2)40-27(25-14-9-10-15-25)20-28(32)34(30(26)36)22-24-12-7-6-8-13-24/h6-8,12-13,20,23,25-27H,4-5,9-11,14-19,21-22H2,1-3H3,(H,33,35)/t23-,26+,27-,32+/m1/s1. The van der Waals surface area contributed by atoms with Gasteiger partial charge < -0.3 is 24.4 Å². The maximum absolute atomic E-state index is 14.1. The number of unbranched alkanes of at least 4 members (excludes halogenated alkanes) is 1. The highest BCUT2D eigenvalue weighted by Crippen LogP contribution is 2.52. The highest BCUT2D eigenvalue weighted by atomic mass is 16.5. The van der Waals surface area contributed by atoms with Crippen molar-refractivity contribution in [1.82, 2.24) is 10.2 Å². The van der Waals surface area contributed by atoms with Gasteiger partial charge in [-0.25, -0.2) is 0 Å². The number of fused-ring (bicyclic) bond motifs is 1. The van der Waals surface area contributed by atoms with E-state index in [1.54, 1.807) is 4.90 Å². The Bertz CT molecular complexity index is 1040. The maximum atomic E-state index is 14.1. The van der Waals surface area contributed by atoms with Gasteiger partial charge in [-0.15, -0.1) is 0 Å². The number of piperidine rings is 1. The zero-order valence-corrected chi connectivity index (χ0v) is 24.4. The summed E-state index contributed by atoms with van der Waals surface area (Å²) in [5.74, 6) is -1.06. The lowest BCUT2D eigenvalue weighted by Gasteiger charge is -2.52. The third kappa shape index (κ3) is 6.77. The normalized spacial score (nSPS) is 26.8. The molecule has 1 N–H and O–H groups in total. The molecule has 8 nitrogen and oxygen atoms in total. The first-order valence-electron chi connectivity index (χ1n) is 15.1. The summed E-state index contributed by atoms with van der Waals surface area (Å²) in [6.07, 6.45) is 8.85. The third-order valence-corrected chi connectivity index (χ3v) is 8.77. The van der Waals surface area contributed by atoms with E-state index in [-0.39, 0.29) is 30.8 Å². The van der Waals surface area contributed by atoms with Crippen LogP contribution < -0.4 is 5.32 Å². The van der Waals surface area contributed by atoms with Gasteiger partial charge in [0.15, 0.2) is 0 Å². The fourth-order valence-electron chi connectivity index (χ4n) is 6.52. The molecule has 1 aromatic carbocycles. The lowest BCUT2D eigenvalue weighted by atomic mass is 9.66.